The highest BCUT2D eigenvalue weighted by Crippen LogP contribution is 2.62. The topological polar surface area (TPSA) is 137 Å². The highest BCUT2D eigenvalue weighted by molar-refractivity contribution is 6.65. The summed E-state index contributed by atoms with van der Waals surface area (Å²) < 4.78 is 25.3. The monoisotopic (exact) mass is 1070 g/mol. The molecular weight excluding hydrogens is 966 g/mol. The first-order valence-electron chi connectivity index (χ1n) is 32.4. The molecule has 0 radical (unpaired) electrons. The van der Waals surface area contributed by atoms with E-state index in [0.717, 1.165) is 79.0 Å². The van der Waals surface area contributed by atoms with Crippen molar-refractivity contribution in [3.8, 4) is 22.3 Å². The van der Waals surface area contributed by atoms with Crippen molar-refractivity contribution in [3.05, 3.63) is 46.5 Å². The van der Waals surface area contributed by atoms with E-state index in [1.807, 2.05) is 0 Å². The van der Waals surface area contributed by atoms with Crippen molar-refractivity contribution < 1.29 is 28.6 Å². The fraction of sp³-hybridized carbons (Fsp3) is 0.727. The number of hydrogen-bond donors (Lipinski definition) is 2. The van der Waals surface area contributed by atoms with Crippen LogP contribution in [0.2, 0.25) is 0 Å². The Morgan fingerprint density at radius 1 is 0.385 bits per heavy atom. The summed E-state index contributed by atoms with van der Waals surface area (Å²) in [7, 11) is -2.35. The molecule has 3 heterocycles. The van der Waals surface area contributed by atoms with E-state index in [1.54, 1.807) is 0 Å². The summed E-state index contributed by atoms with van der Waals surface area (Å²) in [6, 6.07) is 9.67. The van der Waals surface area contributed by atoms with Crippen molar-refractivity contribution in [1.82, 2.24) is 20.6 Å². The zero-order chi connectivity index (χ0) is 55.2. The van der Waals surface area contributed by atoms with Gasteiger partial charge in [0.15, 0.2) is 0 Å². The highest BCUT2D eigenvalue weighted by Gasteiger charge is 2.55. The van der Waals surface area contributed by atoms with E-state index in [4.69, 9.17) is 34.0 Å². The Hall–Kier alpha value is -3.57. The van der Waals surface area contributed by atoms with Crippen LogP contribution in [0.4, 0.5) is 0 Å². The number of nitrogens with zero attached hydrogens (tertiary/aromatic N) is 4. The average molecular weight is 1070 g/mol. The van der Waals surface area contributed by atoms with Crippen molar-refractivity contribution in [3.63, 3.8) is 0 Å². The van der Waals surface area contributed by atoms with E-state index < -0.39 is 30.9 Å². The van der Waals surface area contributed by atoms with Crippen LogP contribution in [0.3, 0.4) is 0 Å². The summed E-state index contributed by atoms with van der Waals surface area (Å²) >= 11 is 0. The quantitative estimate of drug-likeness (QED) is 0.0290. The number of rotatable bonds is 38. The fourth-order valence-electron chi connectivity index (χ4n) is 14.2. The van der Waals surface area contributed by atoms with Crippen LogP contribution in [0.1, 0.15) is 309 Å². The lowest BCUT2D eigenvalue weighted by atomic mass is 9.67. The van der Waals surface area contributed by atoms with Gasteiger partial charge in [0.25, 0.3) is 0 Å². The van der Waals surface area contributed by atoms with Crippen LogP contribution in [-0.4, -0.2) is 56.1 Å². The molecule has 2 aliphatic carbocycles. The molecule has 2 N–H and O–H groups in total. The molecule has 428 valence electrons. The first-order chi connectivity index (χ1) is 37.9. The van der Waals surface area contributed by atoms with Crippen LogP contribution in [0, 0.1) is 0 Å². The van der Waals surface area contributed by atoms with Gasteiger partial charge in [0, 0.05) is 32.9 Å². The molecule has 2 aromatic heterocycles. The lowest BCUT2D eigenvalue weighted by Gasteiger charge is -2.35. The average Bonchev–Trinajstić information content (AvgIpc) is 4.31. The molecule has 78 heavy (non-hydrogen) atoms. The number of aromatic nitrogens is 4. The van der Waals surface area contributed by atoms with Gasteiger partial charge in [-0.25, -0.2) is 9.26 Å². The maximum Gasteiger partial charge on any atom is 0.497 e. The molecular formula is C66H102B2N4O6. The Balaban J connectivity index is 1.30. The molecule has 10 nitrogen and oxygen atoms in total. The zero-order valence-corrected chi connectivity index (χ0v) is 50.2. The summed E-state index contributed by atoms with van der Waals surface area (Å²) in [5.41, 5.74) is 11.8. The van der Waals surface area contributed by atoms with Crippen LogP contribution in [-0.2, 0) is 20.1 Å². The van der Waals surface area contributed by atoms with E-state index >= 15 is 0 Å². The molecule has 1 saturated heterocycles. The van der Waals surface area contributed by atoms with Crippen LogP contribution in [0.15, 0.2) is 33.5 Å². The Kier molecular flexibility index (Phi) is 22.1. The van der Waals surface area contributed by atoms with E-state index in [-0.39, 0.29) is 5.41 Å². The van der Waals surface area contributed by atoms with E-state index in [1.165, 1.54) is 208 Å². The first kappa shape index (κ1) is 60.5. The third-order valence-electron chi connectivity index (χ3n) is 19.5. The molecule has 1 aliphatic heterocycles. The standard InChI is InChI=1S/C66H102B2N4O6/c1-9-13-17-21-25-29-33-37-41-65(42-38-34-30-26-22-18-14-10-2)51-46-50-52(45-49(51)57-53(65)47-55(67(73)74)59-61(57)71-77-69-59)66(43-39-35-31-27-23-19-15-11-3,44-40-36-32-28-24-20-16-12-4)54-48-56(60-62(58(50)54)72-78-70-60)68-75-63(5,6)64(7,8)76-68/h45-48,73-74H,9-44H2,1-8H3. The minimum Gasteiger partial charge on any atom is -0.423 e. The van der Waals surface area contributed by atoms with E-state index in [2.05, 4.69) is 84.8 Å². The summed E-state index contributed by atoms with van der Waals surface area (Å²) in [5.74, 6) is 0. The maximum atomic E-state index is 11.1. The molecule has 3 aromatic carbocycles. The lowest BCUT2D eigenvalue weighted by Crippen LogP contribution is -2.41. The van der Waals surface area contributed by atoms with Gasteiger partial charge in [0.05, 0.1) is 11.2 Å². The van der Waals surface area contributed by atoms with Gasteiger partial charge < -0.3 is 19.4 Å². The molecule has 0 spiro atoms. The van der Waals surface area contributed by atoms with Gasteiger partial charge in [-0.1, -0.05) is 256 Å². The molecule has 12 heteroatoms. The second kappa shape index (κ2) is 28.4. The summed E-state index contributed by atoms with van der Waals surface area (Å²) in [6.07, 6.45) is 43.9. The number of fused-ring (bicyclic) bond motifs is 10. The van der Waals surface area contributed by atoms with Gasteiger partial charge >= 0.3 is 14.2 Å². The minimum atomic E-state index is -1.72. The molecule has 0 atom stereocenters. The summed E-state index contributed by atoms with van der Waals surface area (Å²) in [5, 5.41) is 41.0. The van der Waals surface area contributed by atoms with Crippen LogP contribution >= 0.6 is 0 Å². The fourth-order valence-corrected chi connectivity index (χ4v) is 14.2. The van der Waals surface area contributed by atoms with E-state index in [9.17, 15) is 10.0 Å². The molecule has 0 amide bonds. The normalized spacial score (nSPS) is 16.4. The van der Waals surface area contributed by atoms with Gasteiger partial charge in [-0.05, 0) is 109 Å². The lowest BCUT2D eigenvalue weighted by molar-refractivity contribution is 0.00578. The first-order valence-corrected chi connectivity index (χ1v) is 32.4. The number of hydrogen-bond acceptors (Lipinski definition) is 10. The Bertz CT molecular complexity index is 2600. The van der Waals surface area contributed by atoms with Crippen LogP contribution < -0.4 is 10.9 Å². The molecule has 0 bridgehead atoms. The SMILES string of the molecule is CCCCCCCCCCC1(CCCCCCCCCC)c2cc3c(cc2-c2c1cc(B(O)O)c1nonc21)C(CCCCCCCCCC)(CCCCCCCCCC)c1cc(B2OC(C)(C)C(C)(C)O2)c2nonc2c1-3. The third-order valence-corrected chi connectivity index (χ3v) is 19.5. The predicted octanol–water partition coefficient (Wildman–Crippen LogP) is 17.4. The van der Waals surface area contributed by atoms with Crippen molar-refractivity contribution in [1.29, 1.82) is 0 Å². The van der Waals surface area contributed by atoms with Crippen LogP contribution in [0.5, 0.6) is 0 Å². The van der Waals surface area contributed by atoms with Crippen molar-refractivity contribution >= 4 is 47.2 Å². The molecule has 3 aliphatic rings. The minimum absolute atomic E-state index is 0.334. The maximum absolute atomic E-state index is 11.1. The van der Waals surface area contributed by atoms with Crippen molar-refractivity contribution in [2.24, 2.45) is 0 Å². The van der Waals surface area contributed by atoms with Gasteiger partial charge in [-0.2, -0.15) is 0 Å². The smallest absolute Gasteiger partial charge is 0.423 e. The van der Waals surface area contributed by atoms with Crippen LogP contribution in [0.25, 0.3) is 44.3 Å². The highest BCUT2D eigenvalue weighted by atomic mass is 16.7. The second-order valence-electron chi connectivity index (χ2n) is 25.7. The molecule has 8 rings (SSSR count). The van der Waals surface area contributed by atoms with Gasteiger partial charge in [0.2, 0.25) is 0 Å². The van der Waals surface area contributed by atoms with Gasteiger partial charge in [-0.15, -0.1) is 0 Å². The van der Waals surface area contributed by atoms with Crippen molar-refractivity contribution in [2.75, 3.05) is 0 Å². The largest absolute Gasteiger partial charge is 0.497 e. The Morgan fingerprint density at radius 2 is 0.692 bits per heavy atom. The van der Waals surface area contributed by atoms with Crippen molar-refractivity contribution in [2.45, 2.75) is 309 Å². The van der Waals surface area contributed by atoms with Gasteiger partial charge in [0.1, 0.15) is 22.1 Å². The molecule has 1 fully saturated rings. The summed E-state index contributed by atoms with van der Waals surface area (Å²) in [6.45, 7) is 17.7. The Labute approximate surface area is 471 Å². The third kappa shape index (κ3) is 13.2. The van der Waals surface area contributed by atoms with E-state index in [0.29, 0.717) is 22.0 Å². The molecule has 5 aromatic rings. The number of benzene rings is 3. The van der Waals surface area contributed by atoms with Gasteiger partial charge in [-0.3, -0.25) is 0 Å². The second-order valence-corrected chi connectivity index (χ2v) is 25.7. The zero-order valence-electron chi connectivity index (χ0n) is 50.2. The number of unbranched alkanes of at least 4 members (excludes halogenated alkanes) is 28. The summed E-state index contributed by atoms with van der Waals surface area (Å²) in [4.78, 5) is 0. The predicted molar refractivity (Wildman–Crippen MR) is 324 cm³/mol. The molecule has 0 saturated carbocycles. The molecule has 0 unspecified atom stereocenters. The Morgan fingerprint density at radius 3 is 1.05 bits per heavy atom.